The van der Waals surface area contributed by atoms with Crippen LogP contribution in [0.3, 0.4) is 0 Å². The molecular weight excluding hydrogens is 524 g/mol. The summed E-state index contributed by atoms with van der Waals surface area (Å²) in [6.45, 7) is 0. The van der Waals surface area contributed by atoms with Crippen molar-refractivity contribution in [2.24, 2.45) is 4.99 Å². The number of aromatic nitrogens is 1. The zero-order valence-electron chi connectivity index (χ0n) is 18.4. The number of aryl methyl sites for hydroxylation is 1. The molecule has 1 N–H and O–H groups in total. The van der Waals surface area contributed by atoms with E-state index in [1.165, 1.54) is 16.9 Å². The topological polar surface area (TPSA) is 71.7 Å². The lowest BCUT2D eigenvalue weighted by atomic mass is 9.83. The fraction of sp³-hybridized carbons (Fsp3) is 0.107. The van der Waals surface area contributed by atoms with Gasteiger partial charge < -0.3 is 5.11 Å². The quantitative estimate of drug-likeness (QED) is 0.405. The highest BCUT2D eigenvalue weighted by atomic mass is 79.9. The van der Waals surface area contributed by atoms with Crippen molar-refractivity contribution in [1.82, 2.24) is 4.57 Å². The lowest BCUT2D eigenvalue weighted by Gasteiger charge is -2.30. The van der Waals surface area contributed by atoms with Crippen molar-refractivity contribution < 1.29 is 9.90 Å². The minimum absolute atomic E-state index is 0.0885. The van der Waals surface area contributed by atoms with Crippen LogP contribution in [-0.2, 0) is 6.42 Å². The van der Waals surface area contributed by atoms with Gasteiger partial charge in [0.1, 0.15) is 0 Å². The normalized spacial score (nSPS) is 16.8. The first-order valence-corrected chi connectivity index (χ1v) is 12.8. The number of aromatic carboxylic acids is 1. The first-order chi connectivity index (χ1) is 17.0. The molecule has 0 fully saturated rings. The number of fused-ring (bicyclic) bond motifs is 3. The Kier molecular flexibility index (Phi) is 5.39. The van der Waals surface area contributed by atoms with Crippen LogP contribution in [0.5, 0.6) is 0 Å². The summed E-state index contributed by atoms with van der Waals surface area (Å²) in [6, 6.07) is 22.8. The molecule has 35 heavy (non-hydrogen) atoms. The zero-order chi connectivity index (χ0) is 24.1. The van der Waals surface area contributed by atoms with Crippen LogP contribution in [0, 0.1) is 0 Å². The third kappa shape index (κ3) is 3.81. The minimum Gasteiger partial charge on any atom is -0.478 e. The fourth-order valence-corrected chi connectivity index (χ4v) is 6.11. The highest BCUT2D eigenvalue weighted by Gasteiger charge is 2.32. The van der Waals surface area contributed by atoms with E-state index in [-0.39, 0.29) is 17.2 Å². The maximum Gasteiger partial charge on any atom is 0.335 e. The number of hydrogen-bond acceptors (Lipinski definition) is 4. The number of rotatable bonds is 3. The fourth-order valence-electron chi connectivity index (χ4n) is 4.84. The average Bonchev–Trinajstić information content (AvgIpc) is 3.18. The molecule has 1 unspecified atom stereocenters. The van der Waals surface area contributed by atoms with Crippen LogP contribution >= 0.6 is 27.3 Å². The molecule has 0 radical (unpaired) electrons. The van der Waals surface area contributed by atoms with E-state index in [2.05, 4.69) is 46.3 Å². The molecule has 172 valence electrons. The standard InChI is InChI=1S/C28H19BrN2O3S/c29-20-12-9-18(10-13-20)25-22-14-11-17-3-1-2-4-21(17)24(22)30-28-31(25)26(32)23(35-28)15-16-5-7-19(8-6-16)27(33)34/h1-10,12-13,15,25H,11,14H2,(H,33,34). The first-order valence-electron chi connectivity index (χ1n) is 11.2. The minimum atomic E-state index is -0.976. The van der Waals surface area contributed by atoms with Crippen LogP contribution in [0.25, 0.3) is 11.8 Å². The first kappa shape index (κ1) is 21.9. The monoisotopic (exact) mass is 542 g/mol. The second-order valence-electron chi connectivity index (χ2n) is 8.59. The zero-order valence-corrected chi connectivity index (χ0v) is 20.8. The second kappa shape index (κ2) is 8.59. The number of hydrogen-bond donors (Lipinski definition) is 1. The summed E-state index contributed by atoms with van der Waals surface area (Å²) in [6.07, 6.45) is 3.57. The van der Waals surface area contributed by atoms with Gasteiger partial charge in [0.05, 0.1) is 21.8 Å². The summed E-state index contributed by atoms with van der Waals surface area (Å²) in [5, 5.41) is 9.16. The summed E-state index contributed by atoms with van der Waals surface area (Å²) in [7, 11) is 0. The molecule has 1 aromatic heterocycles. The van der Waals surface area contributed by atoms with Crippen molar-refractivity contribution in [3.8, 4) is 0 Å². The van der Waals surface area contributed by atoms with Gasteiger partial charge in [0, 0.05) is 10.0 Å². The molecule has 2 aliphatic rings. The van der Waals surface area contributed by atoms with Crippen molar-refractivity contribution >= 4 is 45.0 Å². The molecule has 7 heteroatoms. The van der Waals surface area contributed by atoms with E-state index in [0.29, 0.717) is 9.33 Å². The van der Waals surface area contributed by atoms with E-state index < -0.39 is 5.97 Å². The summed E-state index contributed by atoms with van der Waals surface area (Å²) in [5.74, 6) is -0.976. The predicted molar refractivity (Wildman–Crippen MR) is 140 cm³/mol. The van der Waals surface area contributed by atoms with Crippen molar-refractivity contribution in [2.45, 2.75) is 18.9 Å². The lowest BCUT2D eigenvalue weighted by molar-refractivity contribution is 0.0697. The van der Waals surface area contributed by atoms with E-state index in [1.807, 2.05) is 28.8 Å². The second-order valence-corrected chi connectivity index (χ2v) is 10.5. The molecule has 1 atom stereocenters. The number of carboxylic acids is 1. The number of allylic oxidation sites excluding steroid dienone is 1. The van der Waals surface area contributed by atoms with Crippen molar-refractivity contribution in [3.63, 3.8) is 0 Å². The predicted octanol–water partition coefficient (Wildman–Crippen LogP) is 4.78. The van der Waals surface area contributed by atoms with Gasteiger partial charge in [0.2, 0.25) is 0 Å². The van der Waals surface area contributed by atoms with Gasteiger partial charge >= 0.3 is 5.97 Å². The molecule has 1 aliphatic carbocycles. The van der Waals surface area contributed by atoms with Crippen molar-refractivity contribution in [3.05, 3.63) is 130 Å². The molecule has 5 nitrogen and oxygen atoms in total. The van der Waals surface area contributed by atoms with E-state index >= 15 is 0 Å². The highest BCUT2D eigenvalue weighted by molar-refractivity contribution is 9.10. The van der Waals surface area contributed by atoms with Crippen LogP contribution < -0.4 is 14.9 Å². The van der Waals surface area contributed by atoms with Crippen LogP contribution in [-0.4, -0.2) is 15.6 Å². The maximum atomic E-state index is 13.7. The average molecular weight is 543 g/mol. The van der Waals surface area contributed by atoms with Crippen LogP contribution in [0.15, 0.2) is 92.6 Å². The largest absolute Gasteiger partial charge is 0.478 e. The van der Waals surface area contributed by atoms with Gasteiger partial charge in [0.25, 0.3) is 5.56 Å². The summed E-state index contributed by atoms with van der Waals surface area (Å²) < 4.78 is 3.38. The Morgan fingerprint density at radius 2 is 1.77 bits per heavy atom. The highest BCUT2D eigenvalue weighted by Crippen LogP contribution is 2.41. The maximum absolute atomic E-state index is 13.7. The van der Waals surface area contributed by atoms with E-state index in [9.17, 15) is 9.59 Å². The van der Waals surface area contributed by atoms with E-state index in [1.54, 1.807) is 24.3 Å². The SMILES string of the molecule is O=C(O)c1ccc(C=c2sc3n(c2=O)C(c2ccc(Br)cc2)C2=C(N=3)c3ccccc3CC2)cc1. The van der Waals surface area contributed by atoms with Crippen LogP contribution in [0.1, 0.15) is 45.1 Å². The van der Waals surface area contributed by atoms with Crippen LogP contribution in [0.4, 0.5) is 0 Å². The van der Waals surface area contributed by atoms with Crippen LogP contribution in [0.2, 0.25) is 0 Å². The molecule has 0 saturated heterocycles. The Hall–Kier alpha value is -3.55. The Balaban J connectivity index is 1.57. The number of halogens is 1. The molecule has 4 aromatic rings. The smallest absolute Gasteiger partial charge is 0.335 e. The van der Waals surface area contributed by atoms with Gasteiger partial charge in [-0.3, -0.25) is 9.36 Å². The van der Waals surface area contributed by atoms with Gasteiger partial charge in [-0.05, 0) is 65.4 Å². The van der Waals surface area contributed by atoms with Gasteiger partial charge in [-0.25, -0.2) is 9.79 Å². The number of carboxylic acid groups (broad SMARTS) is 1. The van der Waals surface area contributed by atoms with E-state index in [4.69, 9.17) is 10.1 Å². The Morgan fingerprint density at radius 1 is 1.03 bits per heavy atom. The van der Waals surface area contributed by atoms with Gasteiger partial charge in [-0.1, -0.05) is 75.8 Å². The molecule has 0 spiro atoms. The van der Waals surface area contributed by atoms with Gasteiger partial charge in [-0.15, -0.1) is 0 Å². The van der Waals surface area contributed by atoms with Crippen molar-refractivity contribution in [1.29, 1.82) is 0 Å². The molecule has 0 amide bonds. The molecule has 0 bridgehead atoms. The summed E-state index contributed by atoms with van der Waals surface area (Å²) >= 11 is 4.89. The lowest BCUT2D eigenvalue weighted by Crippen LogP contribution is -2.38. The molecule has 1 aliphatic heterocycles. The number of nitrogens with zero attached hydrogens (tertiary/aromatic N) is 2. The number of thiazole rings is 1. The van der Waals surface area contributed by atoms with E-state index in [0.717, 1.165) is 45.3 Å². The number of benzene rings is 3. The molecule has 3 aromatic carbocycles. The molecule has 6 rings (SSSR count). The Morgan fingerprint density at radius 3 is 2.51 bits per heavy atom. The Labute approximate surface area is 213 Å². The van der Waals surface area contributed by atoms with Gasteiger partial charge in [0.15, 0.2) is 4.80 Å². The third-order valence-corrected chi connectivity index (χ3v) is 8.03. The molecule has 2 heterocycles. The Bertz CT molecular complexity index is 1700. The van der Waals surface area contributed by atoms with Crippen molar-refractivity contribution in [2.75, 3.05) is 0 Å². The third-order valence-electron chi connectivity index (χ3n) is 6.51. The number of carbonyl (C=O) groups is 1. The summed E-state index contributed by atoms with van der Waals surface area (Å²) in [5.41, 5.74) is 6.50. The van der Waals surface area contributed by atoms with Gasteiger partial charge in [-0.2, -0.15) is 0 Å². The molecule has 0 saturated carbocycles. The molecular formula is C28H19BrN2O3S. The summed E-state index contributed by atoms with van der Waals surface area (Å²) in [4.78, 5) is 30.6.